The maximum absolute atomic E-state index is 11.3. The molecule has 0 radical (unpaired) electrons. The monoisotopic (exact) mass is 167 g/mol. The number of amides is 1. The Hall–Kier alpha value is -1.32. The van der Waals surface area contributed by atoms with Crippen molar-refractivity contribution in [3.8, 4) is 0 Å². The predicted molar refractivity (Wildman–Crippen MR) is 46.7 cm³/mol. The zero-order valence-electron chi connectivity index (χ0n) is 7.29. The Morgan fingerprint density at radius 3 is 3.08 bits per heavy atom. The van der Waals surface area contributed by atoms with Crippen LogP contribution in [0.4, 0.5) is 5.69 Å². The van der Waals surface area contributed by atoms with Crippen LogP contribution in [0.2, 0.25) is 0 Å². The third-order valence-corrected chi connectivity index (χ3v) is 1.83. The predicted octanol–water partition coefficient (Wildman–Crippen LogP) is 1.39. The van der Waals surface area contributed by atoms with Crippen LogP contribution >= 0.6 is 0 Å². The molecule has 66 valence electrons. The van der Waals surface area contributed by atoms with E-state index in [2.05, 4.69) is 15.5 Å². The van der Waals surface area contributed by atoms with Gasteiger partial charge in [-0.3, -0.25) is 9.89 Å². The molecule has 0 aliphatic carbocycles. The third-order valence-electron chi connectivity index (χ3n) is 1.83. The van der Waals surface area contributed by atoms with Gasteiger partial charge in [-0.05, 0) is 6.42 Å². The quantitative estimate of drug-likeness (QED) is 0.714. The first-order valence-electron chi connectivity index (χ1n) is 4.03. The summed E-state index contributed by atoms with van der Waals surface area (Å²) >= 11 is 0. The number of aromatic amines is 1. The van der Waals surface area contributed by atoms with Crippen molar-refractivity contribution in [1.29, 1.82) is 0 Å². The van der Waals surface area contributed by atoms with Gasteiger partial charge >= 0.3 is 0 Å². The van der Waals surface area contributed by atoms with Gasteiger partial charge in [0.25, 0.3) is 0 Å². The van der Waals surface area contributed by atoms with Crippen molar-refractivity contribution in [2.75, 3.05) is 5.32 Å². The highest BCUT2D eigenvalue weighted by Gasteiger charge is 2.10. The second kappa shape index (κ2) is 3.90. The summed E-state index contributed by atoms with van der Waals surface area (Å²) in [5.41, 5.74) is 0.723. The standard InChI is InChI=1S/C8H13N3O/c1-3-6(2)8(12)11-7-4-9-10-5-7/h4-6H,3H2,1-2H3,(H,9,10)(H,11,12)/t6-/m0/s1. The van der Waals surface area contributed by atoms with Crippen LogP contribution < -0.4 is 5.32 Å². The molecule has 1 rings (SSSR count). The fourth-order valence-corrected chi connectivity index (χ4v) is 0.770. The number of aromatic nitrogens is 2. The number of H-pyrrole nitrogens is 1. The Morgan fingerprint density at radius 1 is 1.83 bits per heavy atom. The number of anilines is 1. The summed E-state index contributed by atoms with van der Waals surface area (Å²) in [6.07, 6.45) is 4.09. The second-order valence-corrected chi connectivity index (χ2v) is 2.79. The second-order valence-electron chi connectivity index (χ2n) is 2.79. The zero-order chi connectivity index (χ0) is 8.97. The third kappa shape index (κ3) is 2.08. The molecular weight excluding hydrogens is 154 g/mol. The molecule has 0 spiro atoms. The average molecular weight is 167 g/mol. The van der Waals surface area contributed by atoms with Gasteiger partial charge in [0.15, 0.2) is 0 Å². The number of hydrogen-bond donors (Lipinski definition) is 2. The Labute approximate surface area is 71.4 Å². The van der Waals surface area contributed by atoms with Gasteiger partial charge in [0.1, 0.15) is 0 Å². The summed E-state index contributed by atoms with van der Waals surface area (Å²) < 4.78 is 0. The molecule has 0 aromatic carbocycles. The molecule has 0 fully saturated rings. The van der Waals surface area contributed by atoms with Crippen LogP contribution in [0.25, 0.3) is 0 Å². The van der Waals surface area contributed by atoms with Crippen LogP contribution in [-0.4, -0.2) is 16.1 Å². The molecule has 1 heterocycles. The number of carbonyl (C=O) groups excluding carboxylic acids is 1. The van der Waals surface area contributed by atoms with E-state index in [0.29, 0.717) is 0 Å². The fraction of sp³-hybridized carbons (Fsp3) is 0.500. The van der Waals surface area contributed by atoms with E-state index >= 15 is 0 Å². The molecule has 0 unspecified atom stereocenters. The lowest BCUT2D eigenvalue weighted by molar-refractivity contribution is -0.119. The van der Waals surface area contributed by atoms with Gasteiger partial charge in [0.05, 0.1) is 11.9 Å². The van der Waals surface area contributed by atoms with Gasteiger partial charge in [-0.15, -0.1) is 0 Å². The summed E-state index contributed by atoms with van der Waals surface area (Å²) in [6, 6.07) is 0. The van der Waals surface area contributed by atoms with Crippen molar-refractivity contribution >= 4 is 11.6 Å². The van der Waals surface area contributed by atoms with Gasteiger partial charge in [-0.2, -0.15) is 5.10 Å². The van der Waals surface area contributed by atoms with E-state index in [0.717, 1.165) is 12.1 Å². The van der Waals surface area contributed by atoms with Gasteiger partial charge < -0.3 is 5.32 Å². The van der Waals surface area contributed by atoms with Crippen LogP contribution in [0.3, 0.4) is 0 Å². The molecule has 1 aromatic rings. The number of rotatable bonds is 3. The summed E-state index contributed by atoms with van der Waals surface area (Å²) in [6.45, 7) is 3.88. The first-order chi connectivity index (χ1) is 5.74. The maximum Gasteiger partial charge on any atom is 0.227 e. The highest BCUT2D eigenvalue weighted by Crippen LogP contribution is 2.06. The van der Waals surface area contributed by atoms with E-state index < -0.39 is 0 Å². The number of nitrogens with one attached hydrogen (secondary N) is 2. The minimum Gasteiger partial charge on any atom is -0.323 e. The molecule has 0 aliphatic heterocycles. The average Bonchev–Trinajstić information content (AvgIpc) is 2.55. The number of hydrogen-bond acceptors (Lipinski definition) is 2. The van der Waals surface area contributed by atoms with E-state index in [1.54, 1.807) is 12.4 Å². The Morgan fingerprint density at radius 2 is 2.58 bits per heavy atom. The SMILES string of the molecule is CC[C@H](C)C(=O)Nc1cn[nH]c1. The molecule has 12 heavy (non-hydrogen) atoms. The fourth-order valence-electron chi connectivity index (χ4n) is 0.770. The first-order valence-corrected chi connectivity index (χ1v) is 4.03. The van der Waals surface area contributed by atoms with Gasteiger partial charge in [-0.1, -0.05) is 13.8 Å². The lowest BCUT2D eigenvalue weighted by atomic mass is 10.1. The van der Waals surface area contributed by atoms with Crippen molar-refractivity contribution in [1.82, 2.24) is 10.2 Å². The van der Waals surface area contributed by atoms with Crippen molar-refractivity contribution < 1.29 is 4.79 Å². The molecule has 1 aromatic heterocycles. The van der Waals surface area contributed by atoms with Crippen LogP contribution in [0.1, 0.15) is 20.3 Å². The maximum atomic E-state index is 11.3. The normalized spacial score (nSPS) is 12.5. The molecule has 2 N–H and O–H groups in total. The van der Waals surface area contributed by atoms with E-state index in [-0.39, 0.29) is 11.8 Å². The Kier molecular flexibility index (Phi) is 2.85. The van der Waals surface area contributed by atoms with E-state index in [1.807, 2.05) is 13.8 Å². The molecule has 0 bridgehead atoms. The van der Waals surface area contributed by atoms with Crippen molar-refractivity contribution in [2.24, 2.45) is 5.92 Å². The number of nitrogens with zero attached hydrogens (tertiary/aromatic N) is 1. The molecular formula is C8H13N3O. The summed E-state index contributed by atoms with van der Waals surface area (Å²) in [4.78, 5) is 11.3. The van der Waals surface area contributed by atoms with E-state index in [9.17, 15) is 4.79 Å². The topological polar surface area (TPSA) is 57.8 Å². The van der Waals surface area contributed by atoms with Crippen molar-refractivity contribution in [3.63, 3.8) is 0 Å². The van der Waals surface area contributed by atoms with Crippen molar-refractivity contribution in [3.05, 3.63) is 12.4 Å². The van der Waals surface area contributed by atoms with Crippen LogP contribution in [0.5, 0.6) is 0 Å². The van der Waals surface area contributed by atoms with Crippen LogP contribution in [-0.2, 0) is 4.79 Å². The van der Waals surface area contributed by atoms with Crippen molar-refractivity contribution in [2.45, 2.75) is 20.3 Å². The van der Waals surface area contributed by atoms with Crippen LogP contribution in [0, 0.1) is 5.92 Å². The number of carbonyl (C=O) groups is 1. The summed E-state index contributed by atoms with van der Waals surface area (Å²) in [5, 5.41) is 9.09. The Balaban J connectivity index is 2.47. The minimum atomic E-state index is 0.0406. The van der Waals surface area contributed by atoms with Crippen LogP contribution in [0.15, 0.2) is 12.4 Å². The molecule has 4 nitrogen and oxygen atoms in total. The smallest absolute Gasteiger partial charge is 0.227 e. The van der Waals surface area contributed by atoms with Gasteiger partial charge in [-0.25, -0.2) is 0 Å². The lowest BCUT2D eigenvalue weighted by Gasteiger charge is -2.06. The zero-order valence-corrected chi connectivity index (χ0v) is 7.29. The van der Waals surface area contributed by atoms with Gasteiger partial charge in [0.2, 0.25) is 5.91 Å². The summed E-state index contributed by atoms with van der Waals surface area (Å²) in [7, 11) is 0. The summed E-state index contributed by atoms with van der Waals surface area (Å²) in [5.74, 6) is 0.0961. The molecule has 0 saturated heterocycles. The highest BCUT2D eigenvalue weighted by atomic mass is 16.1. The van der Waals surface area contributed by atoms with E-state index in [4.69, 9.17) is 0 Å². The minimum absolute atomic E-state index is 0.0406. The molecule has 0 aliphatic rings. The Bertz CT molecular complexity index is 243. The van der Waals surface area contributed by atoms with E-state index in [1.165, 1.54) is 0 Å². The van der Waals surface area contributed by atoms with Gasteiger partial charge in [0, 0.05) is 12.1 Å². The first kappa shape index (κ1) is 8.77. The molecule has 1 atom stereocenters. The molecule has 0 saturated carbocycles. The largest absolute Gasteiger partial charge is 0.323 e. The molecule has 4 heteroatoms. The highest BCUT2D eigenvalue weighted by molar-refractivity contribution is 5.91. The molecule has 1 amide bonds. The lowest BCUT2D eigenvalue weighted by Crippen LogP contribution is -2.19.